The first-order chi connectivity index (χ1) is 9.10. The van der Waals surface area contributed by atoms with Crippen LogP contribution in [0.3, 0.4) is 0 Å². The van der Waals surface area contributed by atoms with Crippen LogP contribution in [-0.4, -0.2) is 9.91 Å². The van der Waals surface area contributed by atoms with E-state index in [0.717, 1.165) is 0 Å². The Labute approximate surface area is 116 Å². The van der Waals surface area contributed by atoms with Crippen LogP contribution in [0.15, 0.2) is 40.9 Å². The third kappa shape index (κ3) is 3.18. The number of nitrogens with one attached hydrogen (secondary N) is 1. The molecule has 2 rings (SSSR count). The lowest BCUT2D eigenvalue weighted by atomic mass is 10.3. The van der Waals surface area contributed by atoms with Crippen molar-refractivity contribution in [3.63, 3.8) is 0 Å². The number of nitrogen functional groups attached to an aromatic ring is 1. The first-order valence-electron chi connectivity index (χ1n) is 5.15. The summed E-state index contributed by atoms with van der Waals surface area (Å²) in [6, 6.07) is 9.21. The molecule has 2 aromatic rings. The van der Waals surface area contributed by atoms with Gasteiger partial charge in [-0.1, -0.05) is 6.07 Å². The second kappa shape index (κ2) is 5.63. The highest BCUT2D eigenvalue weighted by Crippen LogP contribution is 2.32. The molecule has 0 radical (unpaired) electrons. The SMILES string of the molecule is NNc1cccc(Oc2cc([N+](=O)[O-])ccc2Br)n1. The Morgan fingerprint density at radius 1 is 1.37 bits per heavy atom. The Kier molecular flexibility index (Phi) is 3.93. The summed E-state index contributed by atoms with van der Waals surface area (Å²) in [5, 5.41) is 10.7. The van der Waals surface area contributed by atoms with Gasteiger partial charge in [0, 0.05) is 12.1 Å². The molecule has 1 heterocycles. The van der Waals surface area contributed by atoms with Crippen molar-refractivity contribution in [2.24, 2.45) is 5.84 Å². The topological polar surface area (TPSA) is 103 Å². The fourth-order valence-electron chi connectivity index (χ4n) is 1.35. The van der Waals surface area contributed by atoms with Gasteiger partial charge in [0.2, 0.25) is 5.88 Å². The summed E-state index contributed by atoms with van der Waals surface area (Å²) < 4.78 is 6.07. The number of hydrogen-bond acceptors (Lipinski definition) is 6. The lowest BCUT2D eigenvalue weighted by molar-refractivity contribution is -0.384. The van der Waals surface area contributed by atoms with Crippen molar-refractivity contribution < 1.29 is 9.66 Å². The molecule has 1 aromatic carbocycles. The molecule has 0 saturated carbocycles. The quantitative estimate of drug-likeness (QED) is 0.509. The Bertz CT molecular complexity index is 621. The summed E-state index contributed by atoms with van der Waals surface area (Å²) in [4.78, 5) is 14.3. The van der Waals surface area contributed by atoms with Gasteiger partial charge >= 0.3 is 0 Å². The van der Waals surface area contributed by atoms with Crippen LogP contribution in [0.1, 0.15) is 0 Å². The second-order valence-electron chi connectivity index (χ2n) is 3.48. The molecule has 7 nitrogen and oxygen atoms in total. The smallest absolute Gasteiger partial charge is 0.273 e. The number of anilines is 1. The van der Waals surface area contributed by atoms with E-state index in [2.05, 4.69) is 26.3 Å². The lowest BCUT2D eigenvalue weighted by Gasteiger charge is -2.07. The third-order valence-corrected chi connectivity index (χ3v) is 2.87. The molecule has 0 aliphatic heterocycles. The Hall–Kier alpha value is -2.19. The number of benzene rings is 1. The number of halogens is 1. The van der Waals surface area contributed by atoms with Crippen molar-refractivity contribution in [1.82, 2.24) is 4.98 Å². The summed E-state index contributed by atoms with van der Waals surface area (Å²) in [5.74, 6) is 6.25. The minimum Gasteiger partial charge on any atom is -0.438 e. The van der Waals surface area contributed by atoms with Crippen molar-refractivity contribution >= 4 is 27.4 Å². The molecule has 8 heteroatoms. The number of hydrazine groups is 1. The minimum atomic E-state index is -0.495. The number of nitrogens with zero attached hydrogens (tertiary/aromatic N) is 2. The maximum absolute atomic E-state index is 10.7. The van der Waals surface area contributed by atoms with Crippen LogP contribution in [0.2, 0.25) is 0 Å². The molecule has 0 fully saturated rings. The summed E-state index contributed by atoms with van der Waals surface area (Å²) in [7, 11) is 0. The van der Waals surface area contributed by atoms with Gasteiger partial charge in [-0.25, -0.2) is 5.84 Å². The maximum Gasteiger partial charge on any atom is 0.273 e. The molecule has 1 aromatic heterocycles. The van der Waals surface area contributed by atoms with Crippen LogP contribution in [0.5, 0.6) is 11.6 Å². The molecule has 0 unspecified atom stereocenters. The van der Waals surface area contributed by atoms with Crippen molar-refractivity contribution in [3.05, 3.63) is 51.0 Å². The van der Waals surface area contributed by atoms with E-state index in [1.54, 1.807) is 24.3 Å². The number of nitro benzene ring substituents is 1. The Balaban J connectivity index is 2.31. The number of pyridine rings is 1. The average Bonchev–Trinajstić information content (AvgIpc) is 2.41. The first kappa shape index (κ1) is 13.2. The minimum absolute atomic E-state index is 0.0636. The van der Waals surface area contributed by atoms with E-state index in [1.807, 2.05) is 0 Å². The van der Waals surface area contributed by atoms with Gasteiger partial charge in [0.25, 0.3) is 5.69 Å². The van der Waals surface area contributed by atoms with Gasteiger partial charge in [-0.2, -0.15) is 4.98 Å². The second-order valence-corrected chi connectivity index (χ2v) is 4.33. The monoisotopic (exact) mass is 324 g/mol. The van der Waals surface area contributed by atoms with E-state index in [9.17, 15) is 10.1 Å². The van der Waals surface area contributed by atoms with Crippen LogP contribution < -0.4 is 16.0 Å². The Morgan fingerprint density at radius 3 is 2.84 bits per heavy atom. The first-order valence-corrected chi connectivity index (χ1v) is 5.95. The van der Waals surface area contributed by atoms with Gasteiger partial charge in [-0.05, 0) is 28.1 Å². The van der Waals surface area contributed by atoms with Crippen LogP contribution in [0.25, 0.3) is 0 Å². The number of hydrogen-bond donors (Lipinski definition) is 2. The number of ether oxygens (including phenoxy) is 1. The molecule has 0 atom stereocenters. The van der Waals surface area contributed by atoms with E-state index < -0.39 is 4.92 Å². The molecule has 3 N–H and O–H groups in total. The predicted octanol–water partition coefficient (Wildman–Crippen LogP) is 2.83. The molecular formula is C11H9BrN4O3. The fourth-order valence-corrected chi connectivity index (χ4v) is 1.68. The van der Waals surface area contributed by atoms with Crippen LogP contribution in [0.4, 0.5) is 11.5 Å². The molecule has 0 aliphatic rings. The van der Waals surface area contributed by atoms with Crippen molar-refractivity contribution in [2.75, 3.05) is 5.43 Å². The van der Waals surface area contributed by atoms with Crippen molar-refractivity contribution in [2.45, 2.75) is 0 Å². The van der Waals surface area contributed by atoms with E-state index >= 15 is 0 Å². The van der Waals surface area contributed by atoms with E-state index in [0.29, 0.717) is 16.0 Å². The van der Waals surface area contributed by atoms with Crippen molar-refractivity contribution in [3.8, 4) is 11.6 Å². The fraction of sp³-hybridized carbons (Fsp3) is 0. The number of rotatable bonds is 4. The molecule has 19 heavy (non-hydrogen) atoms. The van der Waals surface area contributed by atoms with Gasteiger partial charge in [0.05, 0.1) is 15.5 Å². The van der Waals surface area contributed by atoms with Crippen LogP contribution in [0, 0.1) is 10.1 Å². The van der Waals surface area contributed by atoms with Gasteiger partial charge in [-0.15, -0.1) is 0 Å². The number of nitrogens with two attached hydrogens (primary N) is 1. The normalized spacial score (nSPS) is 10.0. The highest BCUT2D eigenvalue weighted by molar-refractivity contribution is 9.10. The molecule has 0 saturated heterocycles. The number of non-ortho nitro benzene ring substituents is 1. The largest absolute Gasteiger partial charge is 0.438 e. The zero-order valence-electron chi connectivity index (χ0n) is 9.54. The highest BCUT2D eigenvalue weighted by Gasteiger charge is 2.11. The third-order valence-electron chi connectivity index (χ3n) is 2.21. The number of aromatic nitrogens is 1. The average molecular weight is 325 g/mol. The summed E-state index contributed by atoms with van der Waals surface area (Å²) in [5.41, 5.74) is 2.32. The molecular weight excluding hydrogens is 316 g/mol. The van der Waals surface area contributed by atoms with Gasteiger partial charge in [0.15, 0.2) is 5.75 Å². The molecule has 98 valence electrons. The summed E-state index contributed by atoms with van der Waals surface area (Å²) >= 11 is 3.26. The molecule has 0 amide bonds. The summed E-state index contributed by atoms with van der Waals surface area (Å²) in [6.45, 7) is 0. The predicted molar refractivity (Wildman–Crippen MR) is 72.9 cm³/mol. The van der Waals surface area contributed by atoms with E-state index in [4.69, 9.17) is 10.6 Å². The van der Waals surface area contributed by atoms with E-state index in [1.165, 1.54) is 12.1 Å². The van der Waals surface area contributed by atoms with E-state index in [-0.39, 0.29) is 11.6 Å². The summed E-state index contributed by atoms with van der Waals surface area (Å²) in [6.07, 6.45) is 0. The Morgan fingerprint density at radius 2 is 2.16 bits per heavy atom. The van der Waals surface area contributed by atoms with Crippen molar-refractivity contribution in [1.29, 1.82) is 0 Å². The maximum atomic E-state index is 10.7. The zero-order chi connectivity index (χ0) is 13.8. The molecule has 0 bridgehead atoms. The molecule has 0 aliphatic carbocycles. The van der Waals surface area contributed by atoms with Gasteiger partial charge in [-0.3, -0.25) is 10.1 Å². The van der Waals surface area contributed by atoms with Crippen LogP contribution in [-0.2, 0) is 0 Å². The highest BCUT2D eigenvalue weighted by atomic mass is 79.9. The van der Waals surface area contributed by atoms with Gasteiger partial charge < -0.3 is 10.2 Å². The zero-order valence-corrected chi connectivity index (χ0v) is 11.1. The molecule has 0 spiro atoms. The number of nitro groups is 1. The standard InChI is InChI=1S/C11H9BrN4O3/c12-8-5-4-7(16(17)18)6-9(8)19-11-3-1-2-10(14-11)15-13/h1-6H,13H2,(H,14,15). The lowest BCUT2D eigenvalue weighted by Crippen LogP contribution is -2.08. The van der Waals surface area contributed by atoms with Gasteiger partial charge in [0.1, 0.15) is 5.82 Å². The van der Waals surface area contributed by atoms with Crippen LogP contribution >= 0.6 is 15.9 Å².